The van der Waals surface area contributed by atoms with Gasteiger partial charge in [-0.1, -0.05) is 18.2 Å². The van der Waals surface area contributed by atoms with Gasteiger partial charge in [-0.2, -0.15) is 13.2 Å². The second-order valence-corrected chi connectivity index (χ2v) is 6.29. The minimum Gasteiger partial charge on any atom is -0.352 e. The van der Waals surface area contributed by atoms with E-state index in [1.807, 2.05) is 4.40 Å². The Hall–Kier alpha value is -2.64. The molecule has 0 radical (unpaired) electrons. The molecule has 3 aromatic rings. The first-order valence-electron chi connectivity index (χ1n) is 8.01. The van der Waals surface area contributed by atoms with E-state index in [0.717, 1.165) is 24.7 Å². The van der Waals surface area contributed by atoms with Gasteiger partial charge >= 0.3 is 6.18 Å². The lowest BCUT2D eigenvalue weighted by Crippen LogP contribution is -2.21. The van der Waals surface area contributed by atoms with Crippen molar-refractivity contribution < 1.29 is 13.2 Å². The molecule has 0 aliphatic heterocycles. The molecular formula is C17H16F3N5. The van der Waals surface area contributed by atoms with Crippen LogP contribution >= 0.6 is 0 Å². The van der Waals surface area contributed by atoms with Crippen LogP contribution in [0.1, 0.15) is 35.7 Å². The average Bonchev–Trinajstić information content (AvgIpc) is 3.32. The van der Waals surface area contributed by atoms with E-state index in [2.05, 4.69) is 15.2 Å². The highest BCUT2D eigenvalue weighted by Crippen LogP contribution is 2.39. The number of fused-ring (bicyclic) bond motifs is 1. The van der Waals surface area contributed by atoms with Crippen molar-refractivity contribution in [2.24, 2.45) is 0 Å². The van der Waals surface area contributed by atoms with E-state index in [-0.39, 0.29) is 12.1 Å². The van der Waals surface area contributed by atoms with Gasteiger partial charge in [-0.3, -0.25) is 4.40 Å². The zero-order valence-electron chi connectivity index (χ0n) is 13.5. The summed E-state index contributed by atoms with van der Waals surface area (Å²) in [6.45, 7) is 0.0774. The van der Waals surface area contributed by atoms with Gasteiger partial charge < -0.3 is 4.90 Å². The molecule has 2 heterocycles. The van der Waals surface area contributed by atoms with Crippen LogP contribution in [0.5, 0.6) is 0 Å². The van der Waals surface area contributed by atoms with Crippen molar-refractivity contribution in [3.8, 4) is 0 Å². The van der Waals surface area contributed by atoms with Crippen molar-refractivity contribution in [1.29, 1.82) is 0 Å². The molecule has 4 rings (SSSR count). The normalized spacial score (nSPS) is 14.9. The van der Waals surface area contributed by atoms with E-state index >= 15 is 0 Å². The quantitative estimate of drug-likeness (QED) is 0.723. The van der Waals surface area contributed by atoms with Crippen molar-refractivity contribution in [3.05, 3.63) is 53.6 Å². The van der Waals surface area contributed by atoms with E-state index in [1.165, 1.54) is 12.1 Å². The number of nitrogens with zero attached hydrogens (tertiary/aromatic N) is 5. The molecule has 25 heavy (non-hydrogen) atoms. The number of alkyl halides is 3. The highest BCUT2D eigenvalue weighted by Gasteiger charge is 2.33. The molecule has 0 unspecified atom stereocenters. The second-order valence-electron chi connectivity index (χ2n) is 6.29. The molecule has 1 saturated carbocycles. The molecular weight excluding hydrogens is 331 g/mol. The first-order chi connectivity index (χ1) is 11.9. The van der Waals surface area contributed by atoms with Gasteiger partial charge in [0, 0.05) is 31.9 Å². The van der Waals surface area contributed by atoms with Crippen molar-refractivity contribution in [2.45, 2.75) is 31.5 Å². The Bertz CT molecular complexity index is 914. The Morgan fingerprint density at radius 3 is 2.68 bits per heavy atom. The Labute approximate surface area is 142 Å². The van der Waals surface area contributed by atoms with Gasteiger partial charge in [0.2, 0.25) is 5.65 Å². The molecule has 1 aliphatic rings. The number of anilines is 1. The summed E-state index contributed by atoms with van der Waals surface area (Å²) in [6.07, 6.45) is 1.22. The SMILES string of the molecule is CN(Cc1ccccc1C(F)(F)F)c1nccn2c(C3CC3)nnc12. The van der Waals surface area contributed by atoms with Crippen molar-refractivity contribution in [1.82, 2.24) is 19.6 Å². The average molecular weight is 347 g/mol. The Morgan fingerprint density at radius 1 is 1.20 bits per heavy atom. The Kier molecular flexibility index (Phi) is 3.63. The predicted octanol–water partition coefficient (Wildman–Crippen LogP) is 3.66. The lowest BCUT2D eigenvalue weighted by Gasteiger charge is -2.21. The summed E-state index contributed by atoms with van der Waals surface area (Å²) in [6, 6.07) is 5.58. The van der Waals surface area contributed by atoms with Crippen LogP contribution in [-0.2, 0) is 12.7 Å². The molecule has 0 N–H and O–H groups in total. The van der Waals surface area contributed by atoms with Crippen LogP contribution in [0.4, 0.5) is 19.0 Å². The van der Waals surface area contributed by atoms with E-state index in [0.29, 0.717) is 17.4 Å². The third-order valence-electron chi connectivity index (χ3n) is 4.37. The predicted molar refractivity (Wildman–Crippen MR) is 86.3 cm³/mol. The topological polar surface area (TPSA) is 46.3 Å². The number of hydrogen-bond acceptors (Lipinski definition) is 4. The molecule has 8 heteroatoms. The minimum atomic E-state index is -4.38. The van der Waals surface area contributed by atoms with E-state index in [4.69, 9.17) is 0 Å². The number of benzene rings is 1. The summed E-state index contributed by atoms with van der Waals surface area (Å²) in [5.41, 5.74) is 0.133. The van der Waals surface area contributed by atoms with E-state index in [1.54, 1.807) is 30.4 Å². The van der Waals surface area contributed by atoms with Crippen LogP contribution in [-0.4, -0.2) is 26.6 Å². The molecule has 5 nitrogen and oxygen atoms in total. The van der Waals surface area contributed by atoms with Gasteiger partial charge in [-0.15, -0.1) is 10.2 Å². The fourth-order valence-electron chi connectivity index (χ4n) is 2.99. The number of rotatable bonds is 4. The van der Waals surface area contributed by atoms with Gasteiger partial charge in [0.25, 0.3) is 0 Å². The zero-order chi connectivity index (χ0) is 17.6. The maximum Gasteiger partial charge on any atom is 0.416 e. The first kappa shape index (κ1) is 15.9. The highest BCUT2D eigenvalue weighted by atomic mass is 19.4. The lowest BCUT2D eigenvalue weighted by atomic mass is 10.1. The van der Waals surface area contributed by atoms with Crippen molar-refractivity contribution >= 4 is 11.5 Å². The largest absolute Gasteiger partial charge is 0.416 e. The van der Waals surface area contributed by atoms with Gasteiger partial charge in [0.15, 0.2) is 5.82 Å². The maximum absolute atomic E-state index is 13.2. The van der Waals surface area contributed by atoms with Gasteiger partial charge in [-0.25, -0.2) is 4.98 Å². The van der Waals surface area contributed by atoms with Crippen LogP contribution in [0.15, 0.2) is 36.7 Å². The van der Waals surface area contributed by atoms with Gasteiger partial charge in [0.1, 0.15) is 5.82 Å². The smallest absolute Gasteiger partial charge is 0.352 e. The number of hydrogen-bond donors (Lipinski definition) is 0. The van der Waals surface area contributed by atoms with E-state index < -0.39 is 11.7 Å². The van der Waals surface area contributed by atoms with Crippen LogP contribution in [0, 0.1) is 0 Å². The van der Waals surface area contributed by atoms with Crippen LogP contribution in [0.25, 0.3) is 5.65 Å². The van der Waals surface area contributed by atoms with Crippen molar-refractivity contribution in [2.75, 3.05) is 11.9 Å². The molecule has 0 saturated heterocycles. The van der Waals surface area contributed by atoms with Crippen molar-refractivity contribution in [3.63, 3.8) is 0 Å². The number of aromatic nitrogens is 4. The summed E-state index contributed by atoms with van der Waals surface area (Å²) in [5, 5.41) is 8.43. The van der Waals surface area contributed by atoms with Crippen LogP contribution in [0.2, 0.25) is 0 Å². The molecule has 2 aromatic heterocycles. The Balaban J connectivity index is 1.69. The van der Waals surface area contributed by atoms with Crippen LogP contribution in [0.3, 0.4) is 0 Å². The first-order valence-corrected chi connectivity index (χ1v) is 8.01. The van der Waals surface area contributed by atoms with Crippen LogP contribution < -0.4 is 4.90 Å². The van der Waals surface area contributed by atoms with Gasteiger partial charge in [-0.05, 0) is 24.5 Å². The lowest BCUT2D eigenvalue weighted by molar-refractivity contribution is -0.138. The molecule has 0 spiro atoms. The summed E-state index contributed by atoms with van der Waals surface area (Å²) in [7, 11) is 1.71. The highest BCUT2D eigenvalue weighted by molar-refractivity contribution is 5.63. The summed E-state index contributed by atoms with van der Waals surface area (Å²) < 4.78 is 41.5. The molecule has 0 atom stereocenters. The molecule has 1 aromatic carbocycles. The third-order valence-corrected chi connectivity index (χ3v) is 4.37. The van der Waals surface area contributed by atoms with Gasteiger partial charge in [0.05, 0.1) is 5.56 Å². The third kappa shape index (κ3) is 2.92. The maximum atomic E-state index is 13.2. The molecule has 1 fully saturated rings. The second kappa shape index (κ2) is 5.72. The zero-order valence-corrected chi connectivity index (χ0v) is 13.5. The summed E-state index contributed by atoms with van der Waals surface area (Å²) in [4.78, 5) is 5.98. The molecule has 1 aliphatic carbocycles. The number of halogens is 3. The molecule has 130 valence electrons. The summed E-state index contributed by atoms with van der Waals surface area (Å²) >= 11 is 0. The Morgan fingerprint density at radius 2 is 1.96 bits per heavy atom. The molecule has 0 bridgehead atoms. The summed E-state index contributed by atoms with van der Waals surface area (Å²) in [5.74, 6) is 1.82. The monoisotopic (exact) mass is 347 g/mol. The fraction of sp³-hybridized carbons (Fsp3) is 0.353. The molecule has 0 amide bonds. The minimum absolute atomic E-state index is 0.0774. The fourth-order valence-corrected chi connectivity index (χ4v) is 2.99. The van der Waals surface area contributed by atoms with E-state index in [9.17, 15) is 13.2 Å². The standard InChI is InChI=1S/C17H16F3N5/c1-24(10-12-4-2-3-5-13(12)17(18,19)20)15-16-23-22-14(11-6-7-11)25(16)9-8-21-15/h2-5,8-9,11H,6-7,10H2,1H3.